The molecule has 0 fully saturated rings. The van der Waals surface area contributed by atoms with Gasteiger partial charge in [0.2, 0.25) is 10.0 Å². The molecule has 0 amide bonds. The summed E-state index contributed by atoms with van der Waals surface area (Å²) in [6.45, 7) is -0.952. The molecule has 0 aromatic carbocycles. The molecule has 5 nitrogen and oxygen atoms in total. The molecular formula is C9H11ClF2N2O3S. The third kappa shape index (κ3) is 5.21. The highest BCUT2D eigenvalue weighted by Gasteiger charge is 2.13. The van der Waals surface area contributed by atoms with Crippen molar-refractivity contribution in [3.05, 3.63) is 23.5 Å². The van der Waals surface area contributed by atoms with Gasteiger partial charge in [-0.3, -0.25) is 0 Å². The number of alkyl halides is 2. The van der Waals surface area contributed by atoms with Gasteiger partial charge in [0.1, 0.15) is 16.7 Å². The van der Waals surface area contributed by atoms with Crippen molar-refractivity contribution in [3.8, 4) is 0 Å². The number of hydrogen-bond acceptors (Lipinski definition) is 4. The lowest BCUT2D eigenvalue weighted by Gasteiger charge is -2.07. The Labute approximate surface area is 108 Å². The van der Waals surface area contributed by atoms with Gasteiger partial charge in [-0.05, 0) is 12.1 Å². The number of halogens is 3. The fourth-order valence-electron chi connectivity index (χ4n) is 1.03. The standard InChI is InChI=1S/C9H11ClF2N2O3S/c10-8-2-1-7(5-13-8)18(15,16)14-3-4-17-6-9(11)12/h1-2,5,9,14H,3-4,6H2. The van der Waals surface area contributed by atoms with Crippen molar-refractivity contribution in [1.82, 2.24) is 9.71 Å². The van der Waals surface area contributed by atoms with Gasteiger partial charge in [0.05, 0.1) is 6.61 Å². The summed E-state index contributed by atoms with van der Waals surface area (Å²) in [5, 5.41) is 0.175. The highest BCUT2D eigenvalue weighted by molar-refractivity contribution is 7.89. The molecule has 9 heteroatoms. The molecule has 102 valence electrons. The minimum Gasteiger partial charge on any atom is -0.374 e. The minimum absolute atomic E-state index is 0.0549. The summed E-state index contributed by atoms with van der Waals surface area (Å²) in [5.74, 6) is 0. The van der Waals surface area contributed by atoms with Gasteiger partial charge in [0, 0.05) is 12.7 Å². The number of ether oxygens (including phenoxy) is 1. The molecule has 1 aromatic rings. The molecule has 0 saturated heterocycles. The lowest BCUT2D eigenvalue weighted by molar-refractivity contribution is 0.0199. The Bertz CT molecular complexity index is 467. The number of nitrogens with zero attached hydrogens (tertiary/aromatic N) is 1. The van der Waals surface area contributed by atoms with Crippen LogP contribution in [-0.4, -0.2) is 39.6 Å². The first-order chi connectivity index (χ1) is 8.42. The van der Waals surface area contributed by atoms with Crippen LogP contribution in [0.15, 0.2) is 23.2 Å². The molecule has 0 aliphatic carbocycles. The lowest BCUT2D eigenvalue weighted by atomic mass is 10.5. The van der Waals surface area contributed by atoms with Gasteiger partial charge in [-0.2, -0.15) is 0 Å². The van der Waals surface area contributed by atoms with E-state index in [-0.39, 0.29) is 23.2 Å². The number of pyridine rings is 1. The van der Waals surface area contributed by atoms with E-state index in [9.17, 15) is 17.2 Å². The highest BCUT2D eigenvalue weighted by atomic mass is 35.5. The summed E-state index contributed by atoms with van der Waals surface area (Å²) in [5.41, 5.74) is 0. The third-order valence-corrected chi connectivity index (χ3v) is 3.46. The van der Waals surface area contributed by atoms with E-state index in [0.717, 1.165) is 6.20 Å². The normalized spacial score (nSPS) is 12.0. The second-order valence-corrected chi connectivity index (χ2v) is 5.33. The van der Waals surface area contributed by atoms with Gasteiger partial charge < -0.3 is 4.74 Å². The first-order valence-corrected chi connectivity index (χ1v) is 6.75. The van der Waals surface area contributed by atoms with Crippen molar-refractivity contribution >= 4 is 21.6 Å². The summed E-state index contributed by atoms with van der Waals surface area (Å²) >= 11 is 5.52. The van der Waals surface area contributed by atoms with Crippen LogP contribution in [0.4, 0.5) is 8.78 Å². The molecule has 1 rings (SSSR count). The van der Waals surface area contributed by atoms with Crippen LogP contribution in [0, 0.1) is 0 Å². The van der Waals surface area contributed by atoms with Gasteiger partial charge in [-0.15, -0.1) is 0 Å². The van der Waals surface area contributed by atoms with E-state index in [1.165, 1.54) is 12.1 Å². The molecule has 18 heavy (non-hydrogen) atoms. The molecule has 0 saturated carbocycles. The van der Waals surface area contributed by atoms with Gasteiger partial charge in [-0.25, -0.2) is 26.9 Å². The predicted octanol–water partition coefficient (Wildman–Crippen LogP) is 1.29. The number of aromatic nitrogens is 1. The minimum atomic E-state index is -3.72. The lowest BCUT2D eigenvalue weighted by Crippen LogP contribution is -2.28. The molecule has 0 unspecified atom stereocenters. The SMILES string of the molecule is O=S(=O)(NCCOCC(F)F)c1ccc(Cl)nc1. The smallest absolute Gasteiger partial charge is 0.261 e. The fourth-order valence-corrected chi connectivity index (χ4v) is 2.09. The predicted molar refractivity (Wildman–Crippen MR) is 61.3 cm³/mol. The first kappa shape index (κ1) is 15.2. The van der Waals surface area contributed by atoms with Crippen molar-refractivity contribution in [2.24, 2.45) is 0 Å². The Hall–Kier alpha value is -0.830. The molecule has 0 spiro atoms. The Kier molecular flexibility index (Phi) is 5.86. The maximum absolute atomic E-state index is 11.7. The van der Waals surface area contributed by atoms with Crippen LogP contribution in [0.2, 0.25) is 5.15 Å². The number of rotatable bonds is 7. The van der Waals surface area contributed by atoms with E-state index in [0.29, 0.717) is 0 Å². The topological polar surface area (TPSA) is 68.3 Å². The number of sulfonamides is 1. The van der Waals surface area contributed by atoms with Crippen molar-refractivity contribution < 1.29 is 21.9 Å². The maximum Gasteiger partial charge on any atom is 0.261 e. The van der Waals surface area contributed by atoms with E-state index >= 15 is 0 Å². The average molecular weight is 301 g/mol. The summed E-state index contributed by atoms with van der Waals surface area (Å²) in [6, 6.07) is 2.63. The Morgan fingerprint density at radius 1 is 1.44 bits per heavy atom. The molecule has 0 radical (unpaired) electrons. The number of nitrogens with one attached hydrogen (secondary N) is 1. The molecule has 0 bridgehead atoms. The van der Waals surface area contributed by atoms with Gasteiger partial charge in [-0.1, -0.05) is 11.6 Å². The molecule has 0 atom stereocenters. The largest absolute Gasteiger partial charge is 0.374 e. The average Bonchev–Trinajstić information content (AvgIpc) is 2.28. The highest BCUT2D eigenvalue weighted by Crippen LogP contribution is 2.10. The Balaban J connectivity index is 2.43. The van der Waals surface area contributed by atoms with Gasteiger partial charge in [0.25, 0.3) is 6.43 Å². The fraction of sp³-hybridized carbons (Fsp3) is 0.444. The van der Waals surface area contributed by atoms with Crippen LogP contribution in [0.5, 0.6) is 0 Å². The van der Waals surface area contributed by atoms with E-state index < -0.39 is 23.1 Å². The maximum atomic E-state index is 11.7. The zero-order valence-corrected chi connectivity index (χ0v) is 10.7. The third-order valence-electron chi connectivity index (χ3n) is 1.79. The van der Waals surface area contributed by atoms with Crippen molar-refractivity contribution in [3.63, 3.8) is 0 Å². The van der Waals surface area contributed by atoms with Crippen molar-refractivity contribution in [2.45, 2.75) is 11.3 Å². The van der Waals surface area contributed by atoms with Crippen LogP contribution in [-0.2, 0) is 14.8 Å². The summed E-state index contributed by atoms with van der Waals surface area (Å²) in [4.78, 5) is 3.57. The first-order valence-electron chi connectivity index (χ1n) is 4.89. The van der Waals surface area contributed by atoms with E-state index in [1.54, 1.807) is 0 Å². The molecule has 0 aliphatic rings. The Morgan fingerprint density at radius 2 is 2.17 bits per heavy atom. The van der Waals surface area contributed by atoms with Crippen molar-refractivity contribution in [2.75, 3.05) is 19.8 Å². The molecule has 0 aliphatic heterocycles. The van der Waals surface area contributed by atoms with Crippen LogP contribution in [0.1, 0.15) is 0 Å². The van der Waals surface area contributed by atoms with E-state index in [1.807, 2.05) is 0 Å². The number of hydrogen-bond donors (Lipinski definition) is 1. The van der Waals surface area contributed by atoms with Crippen LogP contribution in [0.25, 0.3) is 0 Å². The molecular weight excluding hydrogens is 290 g/mol. The van der Waals surface area contributed by atoms with Crippen LogP contribution < -0.4 is 4.72 Å². The van der Waals surface area contributed by atoms with Gasteiger partial charge in [0.15, 0.2) is 0 Å². The van der Waals surface area contributed by atoms with E-state index in [2.05, 4.69) is 14.4 Å². The van der Waals surface area contributed by atoms with E-state index in [4.69, 9.17) is 11.6 Å². The van der Waals surface area contributed by atoms with Crippen molar-refractivity contribution in [1.29, 1.82) is 0 Å². The second-order valence-electron chi connectivity index (χ2n) is 3.18. The second kappa shape index (κ2) is 6.93. The summed E-state index contributed by atoms with van der Waals surface area (Å²) in [6.07, 6.45) is -1.47. The zero-order chi connectivity index (χ0) is 13.6. The summed E-state index contributed by atoms with van der Waals surface area (Å²) < 4.78 is 53.4. The molecule has 1 N–H and O–H groups in total. The molecule has 1 aromatic heterocycles. The zero-order valence-electron chi connectivity index (χ0n) is 9.14. The van der Waals surface area contributed by atoms with Gasteiger partial charge >= 0.3 is 0 Å². The summed E-state index contributed by atoms with van der Waals surface area (Å²) in [7, 11) is -3.72. The molecule has 1 heterocycles. The van der Waals surface area contributed by atoms with Crippen LogP contribution >= 0.6 is 11.6 Å². The Morgan fingerprint density at radius 3 is 2.72 bits per heavy atom. The monoisotopic (exact) mass is 300 g/mol. The quantitative estimate of drug-likeness (QED) is 0.609. The van der Waals surface area contributed by atoms with Crippen LogP contribution in [0.3, 0.4) is 0 Å².